The molecule has 3 heteroatoms. The van der Waals surface area contributed by atoms with Gasteiger partial charge in [0.2, 0.25) is 0 Å². The summed E-state index contributed by atoms with van der Waals surface area (Å²) >= 11 is 0. The lowest BCUT2D eigenvalue weighted by atomic mass is 9.99. The highest BCUT2D eigenvalue weighted by Crippen LogP contribution is 2.42. The van der Waals surface area contributed by atoms with Gasteiger partial charge < -0.3 is 13.9 Å². The number of furan rings is 1. The number of para-hydroxylation sites is 4. The second-order valence-corrected chi connectivity index (χ2v) is 12.9. The Morgan fingerprint density at radius 1 is 0.373 bits per heavy atom. The zero-order chi connectivity index (χ0) is 33.7. The van der Waals surface area contributed by atoms with Crippen molar-refractivity contribution in [2.45, 2.75) is 0 Å². The monoisotopic (exact) mass is 652 g/mol. The Balaban J connectivity index is 1.11. The summed E-state index contributed by atoms with van der Waals surface area (Å²) in [5.74, 6) is 0. The zero-order valence-corrected chi connectivity index (χ0v) is 27.8. The molecular formula is C48H32N2O. The highest BCUT2D eigenvalue weighted by Gasteiger charge is 2.19. The average Bonchev–Trinajstić information content (AvgIpc) is 3.75. The van der Waals surface area contributed by atoms with Crippen molar-refractivity contribution >= 4 is 60.8 Å². The van der Waals surface area contributed by atoms with E-state index in [1.165, 1.54) is 38.5 Å². The third-order valence-electron chi connectivity index (χ3n) is 10.00. The van der Waals surface area contributed by atoms with Crippen molar-refractivity contribution < 1.29 is 4.42 Å². The molecule has 10 rings (SSSR count). The molecule has 0 spiro atoms. The molecule has 0 atom stereocenters. The topological polar surface area (TPSA) is 21.3 Å². The molecule has 10 aromatic rings. The fourth-order valence-corrected chi connectivity index (χ4v) is 7.72. The molecule has 0 bridgehead atoms. The van der Waals surface area contributed by atoms with E-state index in [2.05, 4.69) is 191 Å². The number of aromatic nitrogens is 1. The van der Waals surface area contributed by atoms with Crippen LogP contribution < -0.4 is 4.90 Å². The normalized spacial score (nSPS) is 11.5. The van der Waals surface area contributed by atoms with Crippen molar-refractivity contribution in [1.82, 2.24) is 4.57 Å². The van der Waals surface area contributed by atoms with E-state index in [-0.39, 0.29) is 0 Å². The maximum atomic E-state index is 6.17. The van der Waals surface area contributed by atoms with Gasteiger partial charge in [-0.25, -0.2) is 0 Å². The van der Waals surface area contributed by atoms with Crippen LogP contribution in [-0.2, 0) is 0 Å². The summed E-state index contributed by atoms with van der Waals surface area (Å²) in [6, 6.07) is 69.1. The van der Waals surface area contributed by atoms with Crippen molar-refractivity contribution in [3.05, 3.63) is 194 Å². The van der Waals surface area contributed by atoms with Gasteiger partial charge in [0.15, 0.2) is 0 Å². The quantitative estimate of drug-likeness (QED) is 0.178. The molecule has 2 heterocycles. The van der Waals surface area contributed by atoms with Crippen LogP contribution in [0.1, 0.15) is 0 Å². The Morgan fingerprint density at radius 2 is 0.961 bits per heavy atom. The molecular weight excluding hydrogens is 621 g/mol. The van der Waals surface area contributed by atoms with Gasteiger partial charge in [0.05, 0.1) is 16.7 Å². The Morgan fingerprint density at radius 3 is 1.80 bits per heavy atom. The smallest absolute Gasteiger partial charge is 0.135 e. The highest BCUT2D eigenvalue weighted by atomic mass is 16.3. The number of benzene rings is 8. The first-order chi connectivity index (χ1) is 25.3. The molecule has 3 nitrogen and oxygen atoms in total. The Hall–Kier alpha value is -6.84. The van der Waals surface area contributed by atoms with E-state index >= 15 is 0 Å². The van der Waals surface area contributed by atoms with Crippen molar-refractivity contribution in [3.63, 3.8) is 0 Å². The van der Waals surface area contributed by atoms with Crippen LogP contribution >= 0.6 is 0 Å². The lowest BCUT2D eigenvalue weighted by Gasteiger charge is -2.26. The molecule has 0 saturated carbocycles. The van der Waals surface area contributed by atoms with Crippen LogP contribution in [0.3, 0.4) is 0 Å². The molecule has 0 N–H and O–H groups in total. The molecule has 0 radical (unpaired) electrons. The Labute approximate surface area is 295 Å². The minimum absolute atomic E-state index is 0.890. The molecule has 0 aliphatic carbocycles. The van der Waals surface area contributed by atoms with Crippen LogP contribution in [0.4, 0.5) is 17.1 Å². The molecule has 8 aromatic carbocycles. The van der Waals surface area contributed by atoms with Crippen molar-refractivity contribution in [3.8, 4) is 27.9 Å². The largest absolute Gasteiger partial charge is 0.456 e. The zero-order valence-electron chi connectivity index (χ0n) is 27.8. The van der Waals surface area contributed by atoms with E-state index in [4.69, 9.17) is 4.42 Å². The van der Waals surface area contributed by atoms with E-state index in [1.54, 1.807) is 0 Å². The molecule has 0 fully saturated rings. The molecule has 51 heavy (non-hydrogen) atoms. The van der Waals surface area contributed by atoms with Crippen molar-refractivity contribution in [2.24, 2.45) is 0 Å². The maximum absolute atomic E-state index is 6.17. The molecule has 240 valence electrons. The number of hydrogen-bond donors (Lipinski definition) is 0. The lowest BCUT2D eigenvalue weighted by Crippen LogP contribution is -2.09. The van der Waals surface area contributed by atoms with Crippen molar-refractivity contribution in [1.29, 1.82) is 0 Å². The number of rotatable bonds is 6. The Bertz CT molecular complexity index is 2850. The third kappa shape index (κ3) is 4.82. The van der Waals surface area contributed by atoms with E-state index in [9.17, 15) is 0 Å². The van der Waals surface area contributed by atoms with Gasteiger partial charge in [-0.1, -0.05) is 127 Å². The van der Waals surface area contributed by atoms with Crippen LogP contribution in [0.15, 0.2) is 199 Å². The van der Waals surface area contributed by atoms with Gasteiger partial charge in [-0.15, -0.1) is 0 Å². The van der Waals surface area contributed by atoms with Gasteiger partial charge in [0, 0.05) is 44.2 Å². The number of anilines is 3. The van der Waals surface area contributed by atoms with E-state index < -0.39 is 0 Å². The second kappa shape index (κ2) is 11.9. The van der Waals surface area contributed by atoms with Crippen LogP contribution in [0.25, 0.3) is 71.7 Å². The van der Waals surface area contributed by atoms with Gasteiger partial charge in [-0.2, -0.15) is 0 Å². The van der Waals surface area contributed by atoms with Gasteiger partial charge in [0.1, 0.15) is 11.2 Å². The third-order valence-corrected chi connectivity index (χ3v) is 10.00. The maximum Gasteiger partial charge on any atom is 0.135 e. The number of nitrogens with zero attached hydrogens (tertiary/aromatic N) is 2. The summed E-state index contributed by atoms with van der Waals surface area (Å²) in [7, 11) is 0. The van der Waals surface area contributed by atoms with Crippen LogP contribution in [-0.4, -0.2) is 4.57 Å². The van der Waals surface area contributed by atoms with Gasteiger partial charge in [0.25, 0.3) is 0 Å². The van der Waals surface area contributed by atoms with E-state index in [0.29, 0.717) is 0 Å². The predicted molar refractivity (Wildman–Crippen MR) is 214 cm³/mol. The fourth-order valence-electron chi connectivity index (χ4n) is 7.72. The number of hydrogen-bond acceptors (Lipinski definition) is 2. The summed E-state index contributed by atoms with van der Waals surface area (Å²) in [5.41, 5.74) is 13.4. The summed E-state index contributed by atoms with van der Waals surface area (Å²) < 4.78 is 8.60. The standard InChI is InChI=1S/C48H32N2O/c1-3-14-33(15-4-1)39-21-13-24-45-48(39)41-20-8-11-23-44(41)50(45)43-22-10-7-18-38(43)34-26-28-36(29-27-34)49(35-16-5-2-6-17-35)37-30-31-47-42(32-37)40-19-9-12-25-46(40)51-47/h1-32H. The van der Waals surface area contributed by atoms with Crippen LogP contribution in [0.2, 0.25) is 0 Å². The first kappa shape index (κ1) is 29.1. The molecule has 0 aliphatic heterocycles. The lowest BCUT2D eigenvalue weighted by molar-refractivity contribution is 0.669. The van der Waals surface area contributed by atoms with Gasteiger partial charge >= 0.3 is 0 Å². The van der Waals surface area contributed by atoms with E-state index in [1.807, 2.05) is 12.1 Å². The van der Waals surface area contributed by atoms with Crippen LogP contribution in [0.5, 0.6) is 0 Å². The minimum Gasteiger partial charge on any atom is -0.456 e. The Kier molecular flexibility index (Phi) is 6.81. The average molecular weight is 653 g/mol. The van der Waals surface area contributed by atoms with E-state index in [0.717, 1.165) is 50.3 Å². The first-order valence-electron chi connectivity index (χ1n) is 17.4. The van der Waals surface area contributed by atoms with Gasteiger partial charge in [-0.3, -0.25) is 0 Å². The summed E-state index contributed by atoms with van der Waals surface area (Å²) in [4.78, 5) is 2.31. The predicted octanol–water partition coefficient (Wildman–Crippen LogP) is 13.5. The summed E-state index contributed by atoms with van der Waals surface area (Å²) in [6.07, 6.45) is 0. The SMILES string of the molecule is c1ccc(-c2cccc3c2c2ccccc2n3-c2ccccc2-c2ccc(N(c3ccccc3)c3ccc4oc5ccccc5c4c3)cc2)cc1. The van der Waals surface area contributed by atoms with Crippen LogP contribution in [0, 0.1) is 0 Å². The molecule has 0 amide bonds. The first-order valence-corrected chi connectivity index (χ1v) is 17.4. The van der Waals surface area contributed by atoms with Gasteiger partial charge in [-0.05, 0) is 83.4 Å². The summed E-state index contributed by atoms with van der Waals surface area (Å²) in [5, 5.41) is 4.75. The molecule has 0 saturated heterocycles. The molecule has 0 unspecified atom stereocenters. The van der Waals surface area contributed by atoms with Crippen molar-refractivity contribution in [2.75, 3.05) is 4.90 Å². The molecule has 2 aromatic heterocycles. The second-order valence-electron chi connectivity index (χ2n) is 12.9. The number of fused-ring (bicyclic) bond motifs is 6. The highest BCUT2D eigenvalue weighted by molar-refractivity contribution is 6.16. The summed E-state index contributed by atoms with van der Waals surface area (Å²) in [6.45, 7) is 0. The fraction of sp³-hybridized carbons (Fsp3) is 0. The minimum atomic E-state index is 0.890. The molecule has 0 aliphatic rings.